The second-order valence-corrected chi connectivity index (χ2v) is 5.14. The first-order chi connectivity index (χ1) is 5.41. The summed E-state index contributed by atoms with van der Waals surface area (Å²) in [5.41, 5.74) is -0.255. The van der Waals surface area contributed by atoms with E-state index in [-0.39, 0.29) is 5.54 Å². The maximum atomic E-state index is 10.2. The third kappa shape index (κ3) is 0.728. The van der Waals surface area contributed by atoms with Gasteiger partial charge in [-0.3, -0.25) is 0 Å². The Labute approximate surface area is 74.4 Å². The summed E-state index contributed by atoms with van der Waals surface area (Å²) in [5.74, 6) is 0. The van der Waals surface area contributed by atoms with Crippen LogP contribution in [0.1, 0.15) is 40.0 Å². The lowest BCUT2D eigenvalue weighted by Crippen LogP contribution is -2.58. The van der Waals surface area contributed by atoms with Gasteiger partial charge in [0, 0.05) is 5.54 Å². The smallest absolute Gasteiger partial charge is 0.0803 e. The number of nitrogens with one attached hydrogen (secondary N) is 1. The molecule has 70 valence electrons. The summed E-state index contributed by atoms with van der Waals surface area (Å²) in [5, 5.41) is 13.7. The Morgan fingerprint density at radius 1 is 1.08 bits per heavy atom. The minimum Gasteiger partial charge on any atom is -0.388 e. The predicted molar refractivity (Wildman–Crippen MR) is 49.0 cm³/mol. The summed E-state index contributed by atoms with van der Waals surface area (Å²) in [6.07, 6.45) is 3.30. The molecule has 2 aliphatic rings. The fourth-order valence-corrected chi connectivity index (χ4v) is 3.04. The van der Waals surface area contributed by atoms with Crippen LogP contribution < -0.4 is 5.32 Å². The number of hydrogen-bond acceptors (Lipinski definition) is 2. The normalized spacial score (nSPS) is 59.0. The molecule has 0 amide bonds. The molecule has 0 spiro atoms. The van der Waals surface area contributed by atoms with Crippen LogP contribution in [0.2, 0.25) is 0 Å². The summed E-state index contributed by atoms with van der Waals surface area (Å²) < 4.78 is 0. The van der Waals surface area contributed by atoms with Crippen molar-refractivity contribution in [3.05, 3.63) is 0 Å². The maximum Gasteiger partial charge on any atom is 0.0803 e. The van der Waals surface area contributed by atoms with Gasteiger partial charge in [0.2, 0.25) is 0 Å². The topological polar surface area (TPSA) is 32.3 Å². The molecule has 1 aliphatic heterocycles. The van der Waals surface area contributed by atoms with Gasteiger partial charge in [-0.25, -0.2) is 0 Å². The highest BCUT2D eigenvalue weighted by atomic mass is 16.3. The van der Waals surface area contributed by atoms with E-state index in [9.17, 15) is 5.11 Å². The van der Waals surface area contributed by atoms with Gasteiger partial charge < -0.3 is 10.4 Å². The van der Waals surface area contributed by atoms with Gasteiger partial charge in [0.25, 0.3) is 0 Å². The molecule has 0 aromatic rings. The van der Waals surface area contributed by atoms with Crippen molar-refractivity contribution in [2.24, 2.45) is 5.41 Å². The SMILES string of the molecule is C[C@@]12CCN[C@]1(C)[C@](C)(O)CC2. The minimum absolute atomic E-state index is 0.0556. The first-order valence-corrected chi connectivity index (χ1v) is 4.89. The van der Waals surface area contributed by atoms with Gasteiger partial charge in [0.15, 0.2) is 0 Å². The van der Waals surface area contributed by atoms with E-state index in [4.69, 9.17) is 0 Å². The average molecular weight is 169 g/mol. The predicted octanol–water partition coefficient (Wildman–Crippen LogP) is 1.29. The first-order valence-electron chi connectivity index (χ1n) is 4.89. The van der Waals surface area contributed by atoms with Crippen LogP contribution in [0.5, 0.6) is 0 Å². The van der Waals surface area contributed by atoms with Gasteiger partial charge in [-0.2, -0.15) is 0 Å². The Morgan fingerprint density at radius 3 is 2.33 bits per heavy atom. The Morgan fingerprint density at radius 2 is 1.75 bits per heavy atom. The second-order valence-electron chi connectivity index (χ2n) is 5.14. The molecule has 2 heteroatoms. The lowest BCUT2D eigenvalue weighted by atomic mass is 9.71. The summed E-state index contributed by atoms with van der Waals surface area (Å²) in [7, 11) is 0. The van der Waals surface area contributed by atoms with Crippen LogP contribution in [0, 0.1) is 5.41 Å². The molecule has 0 aromatic carbocycles. The number of hydrogen-bond donors (Lipinski definition) is 2. The zero-order chi connectivity index (χ0) is 9.04. The van der Waals surface area contributed by atoms with E-state index in [0.717, 1.165) is 19.4 Å². The lowest BCUT2D eigenvalue weighted by Gasteiger charge is -2.42. The molecule has 0 bridgehead atoms. The van der Waals surface area contributed by atoms with Crippen molar-refractivity contribution in [3.8, 4) is 0 Å². The van der Waals surface area contributed by atoms with Crippen molar-refractivity contribution in [2.45, 2.75) is 51.2 Å². The minimum atomic E-state index is -0.516. The second kappa shape index (κ2) is 2.05. The van der Waals surface area contributed by atoms with Crippen LogP contribution in [-0.4, -0.2) is 22.8 Å². The van der Waals surface area contributed by atoms with Gasteiger partial charge in [0.05, 0.1) is 5.60 Å². The van der Waals surface area contributed by atoms with E-state index in [1.807, 2.05) is 6.92 Å². The Kier molecular flexibility index (Phi) is 1.45. The molecule has 3 atom stereocenters. The third-order valence-corrected chi connectivity index (χ3v) is 4.60. The van der Waals surface area contributed by atoms with E-state index in [0.29, 0.717) is 5.41 Å². The van der Waals surface area contributed by atoms with Crippen molar-refractivity contribution in [2.75, 3.05) is 6.54 Å². The van der Waals surface area contributed by atoms with Crippen molar-refractivity contribution < 1.29 is 5.11 Å². The maximum absolute atomic E-state index is 10.2. The van der Waals surface area contributed by atoms with E-state index in [1.54, 1.807) is 0 Å². The molecule has 1 aliphatic carbocycles. The Balaban J connectivity index is 2.41. The van der Waals surface area contributed by atoms with Gasteiger partial charge >= 0.3 is 0 Å². The van der Waals surface area contributed by atoms with Crippen molar-refractivity contribution in [1.82, 2.24) is 5.32 Å². The molecule has 2 rings (SSSR count). The van der Waals surface area contributed by atoms with Gasteiger partial charge in [-0.05, 0) is 45.1 Å². The number of fused-ring (bicyclic) bond motifs is 1. The van der Waals surface area contributed by atoms with Crippen molar-refractivity contribution >= 4 is 0 Å². The highest BCUT2D eigenvalue weighted by Crippen LogP contribution is 2.56. The highest BCUT2D eigenvalue weighted by molar-refractivity contribution is 5.18. The number of rotatable bonds is 0. The van der Waals surface area contributed by atoms with Crippen molar-refractivity contribution in [1.29, 1.82) is 0 Å². The standard InChI is InChI=1S/C10H19NO/c1-8-4-5-9(2,12)10(8,3)11-7-6-8/h11-12H,4-7H2,1-3H3/t8-,9-,10+/m1/s1. The van der Waals surface area contributed by atoms with E-state index in [2.05, 4.69) is 19.2 Å². The zero-order valence-electron chi connectivity index (χ0n) is 8.28. The quantitative estimate of drug-likeness (QED) is 0.572. The molecular formula is C10H19NO. The molecule has 0 aromatic heterocycles. The molecule has 0 unspecified atom stereocenters. The van der Waals surface area contributed by atoms with E-state index in [1.165, 1.54) is 6.42 Å². The van der Waals surface area contributed by atoms with Crippen LogP contribution in [-0.2, 0) is 0 Å². The summed E-state index contributed by atoms with van der Waals surface area (Å²) >= 11 is 0. The van der Waals surface area contributed by atoms with Crippen LogP contribution in [0.4, 0.5) is 0 Å². The summed E-state index contributed by atoms with van der Waals surface area (Å²) in [4.78, 5) is 0. The van der Waals surface area contributed by atoms with Gasteiger partial charge in [-0.15, -0.1) is 0 Å². The fraction of sp³-hybridized carbons (Fsp3) is 1.00. The van der Waals surface area contributed by atoms with Gasteiger partial charge in [0.1, 0.15) is 0 Å². The van der Waals surface area contributed by atoms with Crippen molar-refractivity contribution in [3.63, 3.8) is 0 Å². The molecule has 1 saturated carbocycles. The molecule has 2 nitrogen and oxygen atoms in total. The van der Waals surface area contributed by atoms with E-state index < -0.39 is 5.60 Å². The Hall–Kier alpha value is -0.0800. The third-order valence-electron chi connectivity index (χ3n) is 4.60. The average Bonchev–Trinajstić information content (AvgIpc) is 2.34. The molecule has 12 heavy (non-hydrogen) atoms. The van der Waals surface area contributed by atoms with Crippen LogP contribution >= 0.6 is 0 Å². The summed E-state index contributed by atoms with van der Waals surface area (Å²) in [6, 6.07) is 0. The zero-order valence-corrected chi connectivity index (χ0v) is 8.28. The fourth-order valence-electron chi connectivity index (χ4n) is 3.04. The van der Waals surface area contributed by atoms with Crippen LogP contribution in [0.25, 0.3) is 0 Å². The molecule has 2 N–H and O–H groups in total. The molecule has 1 heterocycles. The van der Waals surface area contributed by atoms with Gasteiger partial charge in [-0.1, -0.05) is 6.92 Å². The molecule has 2 fully saturated rings. The number of aliphatic hydroxyl groups is 1. The highest BCUT2D eigenvalue weighted by Gasteiger charge is 2.62. The molecular weight excluding hydrogens is 150 g/mol. The monoisotopic (exact) mass is 169 g/mol. The first kappa shape index (κ1) is 8.52. The Bertz CT molecular complexity index is 214. The molecule has 1 saturated heterocycles. The largest absolute Gasteiger partial charge is 0.388 e. The lowest BCUT2D eigenvalue weighted by molar-refractivity contribution is -0.0229. The van der Waals surface area contributed by atoms with E-state index >= 15 is 0 Å². The molecule has 0 radical (unpaired) electrons. The van der Waals surface area contributed by atoms with Crippen LogP contribution in [0.15, 0.2) is 0 Å². The van der Waals surface area contributed by atoms with Crippen LogP contribution in [0.3, 0.4) is 0 Å². The summed E-state index contributed by atoms with van der Waals surface area (Å²) in [6.45, 7) is 7.50.